The van der Waals surface area contributed by atoms with E-state index < -0.39 is 16.6 Å². The lowest BCUT2D eigenvalue weighted by Crippen LogP contribution is -2.11. The predicted molar refractivity (Wildman–Crippen MR) is 77.6 cm³/mol. The fraction of sp³-hybridized carbons (Fsp3) is 0.154. The van der Waals surface area contributed by atoms with Crippen LogP contribution in [-0.2, 0) is 0 Å². The van der Waals surface area contributed by atoms with Gasteiger partial charge in [-0.1, -0.05) is 11.6 Å². The average Bonchev–Trinajstić information content (AvgIpc) is 2.85. The Bertz CT molecular complexity index is 766. The molecule has 8 heteroatoms. The molecule has 106 valence electrons. The molecular formula is C13H8ClN3O3S. The van der Waals surface area contributed by atoms with Gasteiger partial charge in [-0.15, -0.1) is 11.3 Å². The maximum atomic E-state index is 12.4. The lowest BCUT2D eigenvalue weighted by atomic mass is 9.99. The quantitative estimate of drug-likeness (QED) is 0.487. The number of hydrogen-bond donors (Lipinski definition) is 0. The summed E-state index contributed by atoms with van der Waals surface area (Å²) in [7, 11) is 0. The minimum atomic E-state index is -1.10. The van der Waals surface area contributed by atoms with Crippen molar-refractivity contribution in [2.75, 3.05) is 0 Å². The zero-order valence-corrected chi connectivity index (χ0v) is 12.3. The first-order valence-electron chi connectivity index (χ1n) is 5.73. The van der Waals surface area contributed by atoms with Crippen molar-refractivity contribution < 1.29 is 9.72 Å². The van der Waals surface area contributed by atoms with Crippen molar-refractivity contribution >= 4 is 34.4 Å². The zero-order valence-electron chi connectivity index (χ0n) is 10.7. The van der Waals surface area contributed by atoms with Gasteiger partial charge in [-0.2, -0.15) is 5.26 Å². The van der Waals surface area contributed by atoms with Gasteiger partial charge >= 0.3 is 0 Å². The SMILES string of the molecule is Cc1csc(C(C#N)C(=O)c2cc(Cl)cc([N+](=O)[O-])c2)n1. The molecule has 2 aromatic rings. The number of aromatic nitrogens is 1. The lowest BCUT2D eigenvalue weighted by molar-refractivity contribution is -0.384. The highest BCUT2D eigenvalue weighted by atomic mass is 35.5. The van der Waals surface area contributed by atoms with Gasteiger partial charge in [0.2, 0.25) is 0 Å². The molecule has 21 heavy (non-hydrogen) atoms. The number of nitrogens with zero attached hydrogens (tertiary/aromatic N) is 3. The summed E-state index contributed by atoms with van der Waals surface area (Å²) in [5, 5.41) is 22.2. The van der Waals surface area contributed by atoms with Gasteiger partial charge < -0.3 is 0 Å². The summed E-state index contributed by atoms with van der Waals surface area (Å²) in [5.41, 5.74) is 0.437. The summed E-state index contributed by atoms with van der Waals surface area (Å²) in [6.45, 7) is 1.75. The number of non-ortho nitro benzene ring substituents is 1. The highest BCUT2D eigenvalue weighted by Crippen LogP contribution is 2.27. The summed E-state index contributed by atoms with van der Waals surface area (Å²) >= 11 is 6.98. The van der Waals surface area contributed by atoms with E-state index in [0.29, 0.717) is 10.7 Å². The van der Waals surface area contributed by atoms with Gasteiger partial charge in [0.15, 0.2) is 11.7 Å². The molecule has 0 aliphatic heterocycles. The molecular weight excluding hydrogens is 314 g/mol. The number of hydrogen-bond acceptors (Lipinski definition) is 6. The molecule has 1 unspecified atom stereocenters. The molecule has 0 amide bonds. The highest BCUT2D eigenvalue weighted by Gasteiger charge is 2.26. The van der Waals surface area contributed by atoms with Crippen LogP contribution in [0.1, 0.15) is 27.0 Å². The molecule has 2 rings (SSSR count). The Balaban J connectivity index is 2.43. The number of benzene rings is 1. The van der Waals surface area contributed by atoms with Gasteiger partial charge in [-0.3, -0.25) is 14.9 Å². The maximum absolute atomic E-state index is 12.4. The molecule has 0 spiro atoms. The average molecular weight is 322 g/mol. The smallest absolute Gasteiger partial charge is 0.271 e. The van der Waals surface area contributed by atoms with Crippen molar-refractivity contribution in [2.45, 2.75) is 12.8 Å². The molecule has 0 fully saturated rings. The third-order valence-electron chi connectivity index (χ3n) is 2.65. The molecule has 0 saturated carbocycles. The number of halogens is 1. The normalized spacial score (nSPS) is 11.7. The van der Waals surface area contributed by atoms with Crippen LogP contribution in [0, 0.1) is 28.4 Å². The number of aryl methyl sites for hydroxylation is 1. The summed E-state index contributed by atoms with van der Waals surface area (Å²) in [5.74, 6) is -1.65. The van der Waals surface area contributed by atoms with E-state index in [-0.39, 0.29) is 16.3 Å². The summed E-state index contributed by atoms with van der Waals surface area (Å²) in [6, 6.07) is 5.45. The van der Waals surface area contributed by atoms with Crippen LogP contribution in [0.25, 0.3) is 0 Å². The van der Waals surface area contributed by atoms with E-state index in [1.165, 1.54) is 17.4 Å². The van der Waals surface area contributed by atoms with Crippen LogP contribution in [0.15, 0.2) is 23.6 Å². The Morgan fingerprint density at radius 1 is 1.52 bits per heavy atom. The van der Waals surface area contributed by atoms with Gasteiger partial charge in [0.1, 0.15) is 5.01 Å². The van der Waals surface area contributed by atoms with Gasteiger partial charge in [0, 0.05) is 33.8 Å². The number of nitriles is 1. The van der Waals surface area contributed by atoms with E-state index in [9.17, 15) is 20.2 Å². The van der Waals surface area contributed by atoms with Crippen LogP contribution in [-0.4, -0.2) is 15.7 Å². The minimum absolute atomic E-state index is 0.0219. The second-order valence-corrected chi connectivity index (χ2v) is 5.53. The largest absolute Gasteiger partial charge is 0.292 e. The first-order chi connectivity index (χ1) is 9.92. The van der Waals surface area contributed by atoms with Crippen LogP contribution in [0.3, 0.4) is 0 Å². The predicted octanol–water partition coefficient (Wildman–Crippen LogP) is 3.50. The first kappa shape index (κ1) is 15.1. The number of carbonyl (C=O) groups is 1. The van der Waals surface area contributed by atoms with Crippen molar-refractivity contribution in [3.8, 4) is 6.07 Å². The van der Waals surface area contributed by atoms with Crippen LogP contribution in [0.5, 0.6) is 0 Å². The monoisotopic (exact) mass is 321 g/mol. The molecule has 6 nitrogen and oxygen atoms in total. The minimum Gasteiger partial charge on any atom is -0.292 e. The summed E-state index contributed by atoms with van der Waals surface area (Å²) in [4.78, 5) is 26.7. The number of nitro groups is 1. The highest BCUT2D eigenvalue weighted by molar-refractivity contribution is 7.10. The van der Waals surface area contributed by atoms with Crippen molar-refractivity contribution in [1.29, 1.82) is 5.26 Å². The Hall–Kier alpha value is -2.30. The fourth-order valence-electron chi connectivity index (χ4n) is 1.72. The van der Waals surface area contributed by atoms with Crippen LogP contribution >= 0.6 is 22.9 Å². The Labute approximate surface area is 128 Å². The van der Waals surface area contributed by atoms with E-state index in [2.05, 4.69) is 4.98 Å². The lowest BCUT2D eigenvalue weighted by Gasteiger charge is -2.05. The Morgan fingerprint density at radius 3 is 2.76 bits per heavy atom. The first-order valence-corrected chi connectivity index (χ1v) is 6.99. The van der Waals surface area contributed by atoms with Crippen LogP contribution in [0.4, 0.5) is 5.69 Å². The van der Waals surface area contributed by atoms with Gasteiger partial charge in [0.05, 0.1) is 11.0 Å². The number of carbonyl (C=O) groups excluding carboxylic acids is 1. The second kappa shape index (κ2) is 5.99. The van der Waals surface area contributed by atoms with Crippen LogP contribution in [0.2, 0.25) is 5.02 Å². The number of thiazole rings is 1. The number of ketones is 1. The van der Waals surface area contributed by atoms with Gasteiger partial charge in [0.25, 0.3) is 5.69 Å². The molecule has 0 saturated heterocycles. The Morgan fingerprint density at radius 2 is 2.24 bits per heavy atom. The van der Waals surface area contributed by atoms with Crippen molar-refractivity contribution in [1.82, 2.24) is 4.98 Å². The molecule has 0 radical (unpaired) electrons. The van der Waals surface area contributed by atoms with Crippen molar-refractivity contribution in [3.05, 3.63) is 55.0 Å². The molecule has 1 aromatic carbocycles. The third kappa shape index (κ3) is 3.24. The topological polar surface area (TPSA) is 96.9 Å². The Kier molecular flexibility index (Phi) is 4.31. The molecule has 1 aromatic heterocycles. The summed E-state index contributed by atoms with van der Waals surface area (Å²) < 4.78 is 0. The van der Waals surface area contributed by atoms with E-state index in [1.54, 1.807) is 12.3 Å². The van der Waals surface area contributed by atoms with Crippen molar-refractivity contribution in [3.63, 3.8) is 0 Å². The maximum Gasteiger partial charge on any atom is 0.271 e. The number of nitro benzene ring substituents is 1. The molecule has 0 bridgehead atoms. The fourth-order valence-corrected chi connectivity index (χ4v) is 2.79. The third-order valence-corrected chi connectivity index (χ3v) is 3.90. The van der Waals surface area contributed by atoms with Gasteiger partial charge in [-0.25, -0.2) is 4.98 Å². The van der Waals surface area contributed by atoms with E-state index >= 15 is 0 Å². The van der Waals surface area contributed by atoms with E-state index in [4.69, 9.17) is 11.6 Å². The van der Waals surface area contributed by atoms with Gasteiger partial charge in [-0.05, 0) is 13.0 Å². The van der Waals surface area contributed by atoms with E-state index in [1.807, 2.05) is 6.07 Å². The molecule has 0 aliphatic rings. The number of Topliss-reactive ketones (excluding diaryl/α,β-unsaturated/α-hetero) is 1. The standard InChI is InChI=1S/C13H8ClN3O3S/c1-7-6-21-13(16-7)11(5-15)12(18)8-2-9(14)4-10(3-8)17(19)20/h2-4,6,11H,1H3. The second-order valence-electron chi connectivity index (χ2n) is 4.21. The van der Waals surface area contributed by atoms with Crippen molar-refractivity contribution in [2.24, 2.45) is 0 Å². The molecule has 0 N–H and O–H groups in total. The summed E-state index contributed by atoms with van der Waals surface area (Å²) in [6.07, 6.45) is 0. The molecule has 0 aliphatic carbocycles. The number of rotatable bonds is 4. The van der Waals surface area contributed by atoms with Crippen LogP contribution < -0.4 is 0 Å². The molecule has 1 atom stereocenters. The van der Waals surface area contributed by atoms with E-state index in [0.717, 1.165) is 12.1 Å². The molecule has 1 heterocycles. The zero-order chi connectivity index (χ0) is 15.6.